The molecule has 4 aromatic rings. The molecule has 0 saturated heterocycles. The molecule has 0 fully saturated rings. The Labute approximate surface area is 214 Å². The van der Waals surface area contributed by atoms with Gasteiger partial charge in [0.25, 0.3) is 0 Å². The number of rotatable bonds is 7. The lowest BCUT2D eigenvalue weighted by atomic mass is 9.92. The van der Waals surface area contributed by atoms with Crippen molar-refractivity contribution in [3.8, 4) is 0 Å². The molecule has 1 aromatic heterocycles. The fourth-order valence-corrected chi connectivity index (χ4v) is 5.68. The molecule has 1 heterocycles. The Kier molecular flexibility index (Phi) is 7.57. The second-order valence-electron chi connectivity index (χ2n) is 9.70. The molecule has 2 amide bonds. The summed E-state index contributed by atoms with van der Waals surface area (Å²) in [7, 11) is 0. The topological polar surface area (TPSA) is 71.1 Å². The number of benzene rings is 3. The third-order valence-corrected chi connectivity index (χ3v) is 7.36. The van der Waals surface area contributed by atoms with Crippen LogP contribution in [0.5, 0.6) is 0 Å². The molecule has 0 aliphatic rings. The minimum absolute atomic E-state index is 0.0249. The molecule has 0 bridgehead atoms. The molecule has 4 rings (SSSR count). The number of aryl methyl sites for hydroxylation is 1. The van der Waals surface area contributed by atoms with Gasteiger partial charge in [-0.2, -0.15) is 0 Å². The molecule has 0 spiro atoms. The van der Waals surface area contributed by atoms with Gasteiger partial charge in [-0.25, -0.2) is 4.98 Å². The van der Waals surface area contributed by atoms with Gasteiger partial charge in [-0.05, 0) is 53.8 Å². The van der Waals surface area contributed by atoms with E-state index in [-0.39, 0.29) is 17.2 Å². The zero-order valence-electron chi connectivity index (χ0n) is 20.3. The van der Waals surface area contributed by atoms with Gasteiger partial charge < -0.3 is 10.6 Å². The van der Waals surface area contributed by atoms with Gasteiger partial charge in [0.1, 0.15) is 5.25 Å². The molecule has 0 aliphatic heterocycles. The second-order valence-corrected chi connectivity index (χ2v) is 11.9. The number of thioether (sulfide) groups is 1. The Bertz CT molecular complexity index is 1340. The average molecular weight is 504 g/mol. The number of nitrogens with one attached hydrogen (secondary N) is 2. The fourth-order valence-electron chi connectivity index (χ4n) is 3.63. The lowest BCUT2D eigenvalue weighted by molar-refractivity contribution is -0.118. The third kappa shape index (κ3) is 6.93. The number of anilines is 2. The van der Waals surface area contributed by atoms with Gasteiger partial charge in [-0.15, -0.1) is 11.8 Å². The molecular formula is C28H29N3O2S2. The summed E-state index contributed by atoms with van der Waals surface area (Å²) in [6, 6.07) is 23.4. The standard InChI is InChI=1S/C28H29N3O2S2/c1-18-13-14-22-23(15-18)35-27(30-22)31-26(33)25(19-9-6-5-7-10-19)34-21-12-8-11-20(16-21)29-24(32)17-28(2,3)4/h5-16,25H,17H2,1-4H3,(H,29,32)(H,30,31,33). The van der Waals surface area contributed by atoms with Gasteiger partial charge in [0.15, 0.2) is 5.13 Å². The number of aromatic nitrogens is 1. The Morgan fingerprint density at radius 3 is 2.49 bits per heavy atom. The van der Waals surface area contributed by atoms with Gasteiger partial charge in [0.2, 0.25) is 11.8 Å². The Balaban J connectivity index is 1.54. The number of hydrogen-bond donors (Lipinski definition) is 2. The number of carbonyl (C=O) groups is 2. The molecule has 180 valence electrons. The fraction of sp³-hybridized carbons (Fsp3) is 0.250. The lowest BCUT2D eigenvalue weighted by Crippen LogP contribution is -2.20. The van der Waals surface area contributed by atoms with Crippen LogP contribution in [0.1, 0.15) is 43.6 Å². The highest BCUT2D eigenvalue weighted by Crippen LogP contribution is 2.38. The highest BCUT2D eigenvalue weighted by Gasteiger charge is 2.24. The van der Waals surface area contributed by atoms with E-state index in [0.29, 0.717) is 11.6 Å². The molecule has 3 aromatic carbocycles. The van der Waals surface area contributed by atoms with Crippen LogP contribution >= 0.6 is 23.1 Å². The predicted molar refractivity (Wildman–Crippen MR) is 147 cm³/mol. The number of hydrogen-bond acceptors (Lipinski definition) is 5. The van der Waals surface area contributed by atoms with Crippen molar-refractivity contribution in [1.29, 1.82) is 0 Å². The smallest absolute Gasteiger partial charge is 0.244 e. The lowest BCUT2D eigenvalue weighted by Gasteiger charge is -2.18. The Morgan fingerprint density at radius 2 is 1.74 bits per heavy atom. The molecule has 5 nitrogen and oxygen atoms in total. The number of carbonyl (C=O) groups excluding carboxylic acids is 2. The van der Waals surface area contributed by atoms with Crippen LogP contribution in [0.2, 0.25) is 0 Å². The molecular weight excluding hydrogens is 474 g/mol. The van der Waals surface area contributed by atoms with E-state index in [2.05, 4.69) is 21.7 Å². The van der Waals surface area contributed by atoms with Crippen molar-refractivity contribution in [3.63, 3.8) is 0 Å². The highest BCUT2D eigenvalue weighted by molar-refractivity contribution is 8.00. The van der Waals surface area contributed by atoms with Crippen LogP contribution in [0, 0.1) is 12.3 Å². The Morgan fingerprint density at radius 1 is 0.971 bits per heavy atom. The zero-order chi connectivity index (χ0) is 25.0. The van der Waals surface area contributed by atoms with Gasteiger partial charge in [-0.1, -0.05) is 74.6 Å². The number of thiazole rings is 1. The van der Waals surface area contributed by atoms with Crippen LogP contribution in [0.25, 0.3) is 10.2 Å². The van der Waals surface area contributed by atoms with Crippen LogP contribution in [-0.2, 0) is 9.59 Å². The largest absolute Gasteiger partial charge is 0.326 e. The molecule has 2 N–H and O–H groups in total. The summed E-state index contributed by atoms with van der Waals surface area (Å²) in [5.41, 5.74) is 3.56. The van der Waals surface area contributed by atoms with Gasteiger partial charge in [0, 0.05) is 17.0 Å². The highest BCUT2D eigenvalue weighted by atomic mass is 32.2. The van der Waals surface area contributed by atoms with Gasteiger partial charge in [-0.3, -0.25) is 9.59 Å². The van der Waals surface area contributed by atoms with E-state index < -0.39 is 5.25 Å². The van der Waals surface area contributed by atoms with E-state index in [1.165, 1.54) is 23.1 Å². The van der Waals surface area contributed by atoms with E-state index in [4.69, 9.17) is 0 Å². The van der Waals surface area contributed by atoms with Crippen molar-refractivity contribution in [2.45, 2.75) is 44.3 Å². The van der Waals surface area contributed by atoms with E-state index in [0.717, 1.165) is 31.9 Å². The number of fused-ring (bicyclic) bond motifs is 1. The minimum atomic E-state index is -0.481. The van der Waals surface area contributed by atoms with E-state index in [1.54, 1.807) is 0 Å². The molecule has 35 heavy (non-hydrogen) atoms. The van der Waals surface area contributed by atoms with Crippen LogP contribution in [0.15, 0.2) is 77.7 Å². The zero-order valence-corrected chi connectivity index (χ0v) is 21.9. The van der Waals surface area contributed by atoms with Crippen molar-refractivity contribution in [2.24, 2.45) is 5.41 Å². The maximum absolute atomic E-state index is 13.4. The Hall–Kier alpha value is -3.16. The molecule has 1 atom stereocenters. The van der Waals surface area contributed by atoms with Gasteiger partial charge in [0.05, 0.1) is 10.2 Å². The van der Waals surface area contributed by atoms with E-state index >= 15 is 0 Å². The summed E-state index contributed by atoms with van der Waals surface area (Å²) in [5.74, 6) is -0.165. The van der Waals surface area contributed by atoms with Crippen LogP contribution in [0.3, 0.4) is 0 Å². The first-order chi connectivity index (χ1) is 16.7. The molecule has 0 saturated carbocycles. The SMILES string of the molecule is Cc1ccc2nc(NC(=O)C(Sc3cccc(NC(=O)CC(C)(C)C)c3)c3ccccc3)sc2c1. The van der Waals surface area contributed by atoms with E-state index in [1.807, 2.05) is 94.4 Å². The summed E-state index contributed by atoms with van der Waals surface area (Å²) in [6.45, 7) is 8.15. The van der Waals surface area contributed by atoms with Crippen molar-refractivity contribution in [2.75, 3.05) is 10.6 Å². The first kappa shape index (κ1) is 24.9. The molecule has 7 heteroatoms. The average Bonchev–Trinajstić information content (AvgIpc) is 3.18. The van der Waals surface area contributed by atoms with Crippen molar-refractivity contribution in [1.82, 2.24) is 4.98 Å². The summed E-state index contributed by atoms with van der Waals surface area (Å²) in [6.07, 6.45) is 0.432. The van der Waals surface area contributed by atoms with Crippen LogP contribution < -0.4 is 10.6 Å². The third-order valence-electron chi connectivity index (χ3n) is 5.18. The quantitative estimate of drug-likeness (QED) is 0.257. The summed E-state index contributed by atoms with van der Waals surface area (Å²) >= 11 is 2.92. The molecule has 0 radical (unpaired) electrons. The summed E-state index contributed by atoms with van der Waals surface area (Å²) in [4.78, 5) is 31.3. The maximum Gasteiger partial charge on any atom is 0.244 e. The minimum Gasteiger partial charge on any atom is -0.326 e. The van der Waals surface area contributed by atoms with Crippen molar-refractivity contribution < 1.29 is 9.59 Å². The monoisotopic (exact) mass is 503 g/mol. The first-order valence-corrected chi connectivity index (χ1v) is 13.2. The summed E-state index contributed by atoms with van der Waals surface area (Å²) in [5, 5.41) is 6.10. The molecule has 0 aliphatic carbocycles. The maximum atomic E-state index is 13.4. The van der Waals surface area contributed by atoms with Crippen LogP contribution in [0.4, 0.5) is 10.8 Å². The van der Waals surface area contributed by atoms with Gasteiger partial charge >= 0.3 is 0 Å². The predicted octanol–water partition coefficient (Wildman–Crippen LogP) is 7.45. The number of amides is 2. The second kappa shape index (κ2) is 10.6. The summed E-state index contributed by atoms with van der Waals surface area (Å²) < 4.78 is 1.04. The van der Waals surface area contributed by atoms with Crippen molar-refractivity contribution in [3.05, 3.63) is 83.9 Å². The van der Waals surface area contributed by atoms with Crippen LogP contribution in [-0.4, -0.2) is 16.8 Å². The number of nitrogens with zero attached hydrogens (tertiary/aromatic N) is 1. The van der Waals surface area contributed by atoms with Crippen molar-refractivity contribution >= 4 is 55.9 Å². The first-order valence-electron chi connectivity index (χ1n) is 11.5. The molecule has 1 unspecified atom stereocenters. The normalized spacial score (nSPS) is 12.3. The van der Waals surface area contributed by atoms with E-state index in [9.17, 15) is 9.59 Å².